The number of halogens is 3. The number of nitriles is 1. The number of hydrogen-bond acceptors (Lipinski definition) is 9. The first-order valence-corrected chi connectivity index (χ1v) is 11.9. The molecule has 33 heavy (non-hydrogen) atoms. The zero-order chi connectivity index (χ0) is 23.8. The molecule has 1 aliphatic heterocycles. The van der Waals surface area contributed by atoms with Gasteiger partial charge in [-0.3, -0.25) is 4.68 Å². The summed E-state index contributed by atoms with van der Waals surface area (Å²) in [5.41, 5.74) is -1.40. The summed E-state index contributed by atoms with van der Waals surface area (Å²) in [6.45, 7) is 0.450. The third-order valence-electron chi connectivity index (χ3n) is 5.06. The lowest BCUT2D eigenvalue weighted by Gasteiger charge is -2.31. The summed E-state index contributed by atoms with van der Waals surface area (Å²) in [5, 5.41) is 15.8. The molecule has 0 amide bonds. The van der Waals surface area contributed by atoms with Crippen molar-refractivity contribution in [1.82, 2.24) is 28.4 Å². The molecule has 1 N–H and O–H groups in total. The molecule has 1 aliphatic rings. The molecule has 4 rings (SSSR count). The highest BCUT2D eigenvalue weighted by molar-refractivity contribution is 7.89. The van der Waals surface area contributed by atoms with Crippen molar-refractivity contribution >= 4 is 27.5 Å². The number of aromatic nitrogens is 5. The Hall–Kier alpha value is -3.09. The molecule has 0 bridgehead atoms. The Balaban J connectivity index is 1.50. The van der Waals surface area contributed by atoms with Crippen molar-refractivity contribution < 1.29 is 21.6 Å². The maximum absolute atomic E-state index is 13.5. The van der Waals surface area contributed by atoms with Gasteiger partial charge in [-0.1, -0.05) is 0 Å². The summed E-state index contributed by atoms with van der Waals surface area (Å²) in [6.07, 6.45) is -0.450. The van der Waals surface area contributed by atoms with Crippen LogP contribution in [0.1, 0.15) is 24.1 Å². The monoisotopic (exact) mass is 498 g/mol. The van der Waals surface area contributed by atoms with Crippen LogP contribution in [0.4, 0.5) is 19.1 Å². The van der Waals surface area contributed by atoms with Gasteiger partial charge in [-0.05, 0) is 30.4 Å². The van der Waals surface area contributed by atoms with Gasteiger partial charge in [-0.2, -0.15) is 32.2 Å². The van der Waals surface area contributed by atoms with Crippen LogP contribution in [0.5, 0.6) is 0 Å². The molecule has 15 heteroatoms. The van der Waals surface area contributed by atoms with Crippen molar-refractivity contribution in [3.8, 4) is 16.6 Å². The first kappa shape index (κ1) is 23.1. The largest absolute Gasteiger partial charge is 0.420 e. The SMILES string of the molecule is Cn1cc(S(=O)(=O)N2CCC(Nc3ncc(C(F)(F)F)c(-c4cc(C#N)ns4)n3)CC2)cn1. The number of sulfonamides is 1. The van der Waals surface area contributed by atoms with E-state index in [4.69, 9.17) is 5.26 Å². The van der Waals surface area contributed by atoms with Crippen LogP contribution < -0.4 is 5.32 Å². The van der Waals surface area contributed by atoms with Crippen LogP contribution in [0.25, 0.3) is 10.6 Å². The van der Waals surface area contributed by atoms with Crippen molar-refractivity contribution in [2.24, 2.45) is 7.05 Å². The van der Waals surface area contributed by atoms with Crippen LogP contribution in [0.2, 0.25) is 0 Å². The molecule has 1 saturated heterocycles. The Morgan fingerprint density at radius 3 is 2.58 bits per heavy atom. The zero-order valence-corrected chi connectivity index (χ0v) is 18.7. The Morgan fingerprint density at radius 2 is 2.00 bits per heavy atom. The third-order valence-corrected chi connectivity index (χ3v) is 7.71. The zero-order valence-electron chi connectivity index (χ0n) is 17.1. The first-order valence-electron chi connectivity index (χ1n) is 9.64. The molecule has 1 fully saturated rings. The van der Waals surface area contributed by atoms with Gasteiger partial charge >= 0.3 is 6.18 Å². The van der Waals surface area contributed by atoms with E-state index in [-0.39, 0.29) is 46.2 Å². The average molecular weight is 499 g/mol. The quantitative estimate of drug-likeness (QED) is 0.568. The molecule has 0 unspecified atom stereocenters. The minimum absolute atomic E-state index is 0.00144. The number of nitrogens with one attached hydrogen (secondary N) is 1. The van der Waals surface area contributed by atoms with Crippen LogP contribution in [0, 0.1) is 11.3 Å². The van der Waals surface area contributed by atoms with Crippen molar-refractivity contribution in [3.63, 3.8) is 0 Å². The summed E-state index contributed by atoms with van der Waals surface area (Å²) in [5.74, 6) is -0.0153. The number of alkyl halides is 3. The normalized spacial score (nSPS) is 16.0. The lowest BCUT2D eigenvalue weighted by Crippen LogP contribution is -2.42. The smallest absolute Gasteiger partial charge is 0.351 e. The van der Waals surface area contributed by atoms with Crippen LogP contribution in [0.15, 0.2) is 29.6 Å². The lowest BCUT2D eigenvalue weighted by molar-refractivity contribution is -0.137. The molecule has 0 saturated carbocycles. The van der Waals surface area contributed by atoms with Gasteiger partial charge in [0.1, 0.15) is 16.5 Å². The number of piperidine rings is 1. The second kappa shape index (κ2) is 8.69. The van der Waals surface area contributed by atoms with Crippen LogP contribution >= 0.6 is 11.5 Å². The number of aryl methyl sites for hydroxylation is 1. The predicted molar refractivity (Wildman–Crippen MR) is 111 cm³/mol. The van der Waals surface area contributed by atoms with E-state index >= 15 is 0 Å². The maximum atomic E-state index is 13.5. The summed E-state index contributed by atoms with van der Waals surface area (Å²) < 4.78 is 72.4. The minimum atomic E-state index is -4.68. The van der Waals surface area contributed by atoms with Crippen molar-refractivity contribution in [2.75, 3.05) is 18.4 Å². The van der Waals surface area contributed by atoms with E-state index in [1.54, 1.807) is 13.1 Å². The standard InChI is InChI=1S/C18H17F3N8O2S2/c1-28-10-13(8-24-28)33(30,31)29-4-2-11(3-5-29)25-17-23-9-14(18(19,20)21)16(26-17)15-6-12(7-22)27-32-15/h6,8-11H,2-5H2,1H3,(H,23,25,26). The summed E-state index contributed by atoms with van der Waals surface area (Å²) in [7, 11) is -2.04. The van der Waals surface area contributed by atoms with Crippen molar-refractivity contribution in [2.45, 2.75) is 30.0 Å². The molecule has 174 valence electrons. The molecular formula is C18H17F3N8O2S2. The second-order valence-corrected chi connectivity index (χ2v) is 10.1. The fraction of sp³-hybridized carbons (Fsp3) is 0.389. The van der Waals surface area contributed by atoms with E-state index in [0.29, 0.717) is 19.0 Å². The minimum Gasteiger partial charge on any atom is -0.351 e. The molecule has 0 spiro atoms. The van der Waals surface area contributed by atoms with Gasteiger partial charge in [0, 0.05) is 38.6 Å². The van der Waals surface area contributed by atoms with Gasteiger partial charge in [0.05, 0.1) is 16.8 Å². The number of anilines is 1. The Morgan fingerprint density at radius 1 is 1.27 bits per heavy atom. The van der Waals surface area contributed by atoms with Crippen LogP contribution in [0.3, 0.4) is 0 Å². The van der Waals surface area contributed by atoms with Crippen molar-refractivity contribution in [3.05, 3.63) is 35.9 Å². The van der Waals surface area contributed by atoms with Gasteiger partial charge in [-0.25, -0.2) is 18.4 Å². The number of hydrogen-bond donors (Lipinski definition) is 1. The topological polar surface area (TPSA) is 130 Å². The molecule has 3 aromatic rings. The molecular weight excluding hydrogens is 481 g/mol. The highest BCUT2D eigenvalue weighted by atomic mass is 32.2. The third kappa shape index (κ3) is 4.82. The molecule has 0 aliphatic carbocycles. The number of rotatable bonds is 5. The van der Waals surface area contributed by atoms with Gasteiger partial charge in [0.25, 0.3) is 0 Å². The van der Waals surface area contributed by atoms with E-state index in [1.807, 2.05) is 0 Å². The first-order chi connectivity index (χ1) is 15.6. The molecule has 0 radical (unpaired) electrons. The highest BCUT2D eigenvalue weighted by Gasteiger charge is 2.36. The van der Waals surface area contributed by atoms with Crippen LogP contribution in [-0.4, -0.2) is 56.0 Å². The fourth-order valence-corrected chi connectivity index (χ4v) is 5.54. The van der Waals surface area contributed by atoms with Crippen molar-refractivity contribution in [1.29, 1.82) is 5.26 Å². The molecule has 0 atom stereocenters. The summed E-state index contributed by atoms with van der Waals surface area (Å²) in [6, 6.07) is 2.80. The molecule has 10 nitrogen and oxygen atoms in total. The van der Waals surface area contributed by atoms with Gasteiger partial charge in [0.15, 0.2) is 5.69 Å². The van der Waals surface area contributed by atoms with E-state index < -0.39 is 21.8 Å². The fourth-order valence-electron chi connectivity index (χ4n) is 3.39. The Labute approximate surface area is 190 Å². The van der Waals surface area contributed by atoms with Gasteiger partial charge in [0.2, 0.25) is 16.0 Å². The van der Waals surface area contributed by atoms with E-state index in [0.717, 1.165) is 11.5 Å². The van der Waals surface area contributed by atoms with Gasteiger partial charge in [-0.15, -0.1) is 0 Å². The van der Waals surface area contributed by atoms with Gasteiger partial charge < -0.3 is 5.32 Å². The lowest BCUT2D eigenvalue weighted by atomic mass is 10.1. The Bertz CT molecular complexity index is 1300. The number of nitrogens with zero attached hydrogens (tertiary/aromatic N) is 7. The highest BCUT2D eigenvalue weighted by Crippen LogP contribution is 2.37. The maximum Gasteiger partial charge on any atom is 0.420 e. The van der Waals surface area contributed by atoms with Crippen LogP contribution in [-0.2, 0) is 23.2 Å². The van der Waals surface area contributed by atoms with E-state index in [2.05, 4.69) is 24.8 Å². The molecule has 4 heterocycles. The predicted octanol–water partition coefficient (Wildman–Crippen LogP) is 2.49. The summed E-state index contributed by atoms with van der Waals surface area (Å²) in [4.78, 5) is 8.05. The molecule has 0 aromatic carbocycles. The second-order valence-electron chi connectivity index (χ2n) is 7.31. The molecule has 3 aromatic heterocycles. The Kier molecular flexibility index (Phi) is 6.08. The van der Waals surface area contributed by atoms with E-state index in [9.17, 15) is 21.6 Å². The summed E-state index contributed by atoms with van der Waals surface area (Å²) >= 11 is 0.744. The average Bonchev–Trinajstić information content (AvgIpc) is 3.43. The van der Waals surface area contributed by atoms with E-state index in [1.165, 1.54) is 27.4 Å².